The zero-order valence-corrected chi connectivity index (χ0v) is 15.2. The average molecular weight is 385 g/mol. The number of hydrogen-bond donors (Lipinski definition) is 3. The molecular weight excluding hydrogens is 369 g/mol. The molecule has 0 fully saturated rings. The molecule has 6 nitrogen and oxygen atoms in total. The third-order valence-electron chi connectivity index (χ3n) is 4.79. The summed E-state index contributed by atoms with van der Waals surface area (Å²) in [5, 5.41) is 6.25. The molecule has 142 valence electrons. The molecule has 2 aromatic carbocycles. The van der Waals surface area contributed by atoms with Gasteiger partial charge in [-0.3, -0.25) is 4.79 Å². The maximum Gasteiger partial charge on any atom is 0.257 e. The Kier molecular flexibility index (Phi) is 4.05. The van der Waals surface area contributed by atoms with E-state index < -0.39 is 0 Å². The Bertz CT molecular complexity index is 1260. The molecule has 3 N–H and O–H groups in total. The quantitative estimate of drug-likeness (QED) is 0.499. The van der Waals surface area contributed by atoms with E-state index in [-0.39, 0.29) is 11.7 Å². The number of pyridine rings is 1. The molecule has 1 aliphatic rings. The molecule has 7 heteroatoms. The van der Waals surface area contributed by atoms with E-state index in [1.165, 1.54) is 12.1 Å². The first-order chi connectivity index (χ1) is 14.2. The Morgan fingerprint density at radius 1 is 1.07 bits per heavy atom. The van der Waals surface area contributed by atoms with E-state index in [1.54, 1.807) is 24.4 Å². The summed E-state index contributed by atoms with van der Waals surface area (Å²) < 4.78 is 13.2. The lowest BCUT2D eigenvalue weighted by Crippen LogP contribution is -2.28. The van der Waals surface area contributed by atoms with Gasteiger partial charge in [-0.2, -0.15) is 0 Å². The number of nitrogens with one attached hydrogen (secondary N) is 3. The van der Waals surface area contributed by atoms with Crippen molar-refractivity contribution in [1.29, 1.82) is 0 Å². The molecule has 29 heavy (non-hydrogen) atoms. The number of H-pyrrole nitrogens is 1. The van der Waals surface area contributed by atoms with Crippen molar-refractivity contribution in [2.24, 2.45) is 0 Å². The van der Waals surface area contributed by atoms with E-state index in [0.717, 1.165) is 16.9 Å². The number of fused-ring (bicyclic) bond motifs is 2. The van der Waals surface area contributed by atoms with Gasteiger partial charge in [0.05, 0.1) is 17.6 Å². The number of rotatable bonds is 3. The fourth-order valence-electron chi connectivity index (χ4n) is 3.35. The summed E-state index contributed by atoms with van der Waals surface area (Å²) in [6, 6.07) is 15.5. The van der Waals surface area contributed by atoms with Crippen molar-refractivity contribution in [1.82, 2.24) is 20.3 Å². The van der Waals surface area contributed by atoms with Gasteiger partial charge in [-0.15, -0.1) is 0 Å². The van der Waals surface area contributed by atoms with Gasteiger partial charge in [-0.1, -0.05) is 18.2 Å². The van der Waals surface area contributed by atoms with E-state index in [4.69, 9.17) is 0 Å². The topological polar surface area (TPSA) is 82.7 Å². The number of para-hydroxylation sites is 1. The molecule has 0 saturated carbocycles. The SMILES string of the molecule is O=C(NC1=Cc2ccccc2NC1)c1ccnc2nc(-c3ccc(F)cc3)[nH]c12. The van der Waals surface area contributed by atoms with E-state index >= 15 is 0 Å². The van der Waals surface area contributed by atoms with E-state index in [0.29, 0.717) is 34.7 Å². The Morgan fingerprint density at radius 2 is 1.90 bits per heavy atom. The van der Waals surface area contributed by atoms with E-state index in [1.807, 2.05) is 30.3 Å². The lowest BCUT2D eigenvalue weighted by atomic mass is 10.1. The summed E-state index contributed by atoms with van der Waals surface area (Å²) in [7, 11) is 0. The van der Waals surface area contributed by atoms with Crippen molar-refractivity contribution in [2.75, 3.05) is 11.9 Å². The van der Waals surface area contributed by atoms with Crippen LogP contribution in [0.1, 0.15) is 15.9 Å². The lowest BCUT2D eigenvalue weighted by Gasteiger charge is -2.19. The maximum atomic E-state index is 13.2. The zero-order valence-electron chi connectivity index (χ0n) is 15.2. The number of aromatic amines is 1. The van der Waals surface area contributed by atoms with Crippen molar-refractivity contribution < 1.29 is 9.18 Å². The fourth-order valence-corrected chi connectivity index (χ4v) is 3.35. The van der Waals surface area contributed by atoms with Crippen LogP contribution in [0.15, 0.2) is 66.5 Å². The standard InChI is InChI=1S/C22H16FN5O/c23-15-7-5-13(6-8-15)20-27-19-17(9-10-24-21(19)28-20)22(29)26-16-11-14-3-1-2-4-18(14)25-12-16/h1-11,25H,12H2,(H,26,29)(H,24,27,28). The molecule has 0 bridgehead atoms. The number of carbonyl (C=O) groups is 1. The zero-order chi connectivity index (χ0) is 19.8. The summed E-state index contributed by atoms with van der Waals surface area (Å²) >= 11 is 0. The third-order valence-corrected chi connectivity index (χ3v) is 4.79. The Hall–Kier alpha value is -4.00. The molecule has 1 aliphatic heterocycles. The smallest absolute Gasteiger partial charge is 0.257 e. The first kappa shape index (κ1) is 17.1. The van der Waals surface area contributed by atoms with Gasteiger partial charge in [0, 0.05) is 23.1 Å². The number of carbonyl (C=O) groups excluding carboxylic acids is 1. The van der Waals surface area contributed by atoms with Gasteiger partial charge in [-0.05, 0) is 48.0 Å². The number of nitrogens with zero attached hydrogens (tertiary/aromatic N) is 2. The maximum absolute atomic E-state index is 13.2. The number of amides is 1. The third kappa shape index (κ3) is 3.23. The molecule has 2 aromatic heterocycles. The summed E-state index contributed by atoms with van der Waals surface area (Å²) in [6.07, 6.45) is 3.51. The molecule has 5 rings (SSSR count). The normalized spacial score (nSPS) is 12.8. The van der Waals surface area contributed by atoms with Gasteiger partial charge in [-0.25, -0.2) is 14.4 Å². The number of hydrogen-bond acceptors (Lipinski definition) is 4. The van der Waals surface area contributed by atoms with Crippen LogP contribution < -0.4 is 10.6 Å². The molecule has 3 heterocycles. The highest BCUT2D eigenvalue weighted by Gasteiger charge is 2.17. The second-order valence-electron chi connectivity index (χ2n) is 6.71. The molecule has 0 atom stereocenters. The van der Waals surface area contributed by atoms with Crippen molar-refractivity contribution in [3.8, 4) is 11.4 Å². The second kappa shape index (κ2) is 6.87. The number of aromatic nitrogens is 3. The van der Waals surface area contributed by atoms with Crippen molar-refractivity contribution in [2.45, 2.75) is 0 Å². The summed E-state index contributed by atoms with van der Waals surface area (Å²) in [5.74, 6) is -0.0432. The van der Waals surface area contributed by atoms with Crippen LogP contribution in [0.25, 0.3) is 28.6 Å². The minimum absolute atomic E-state index is 0.251. The van der Waals surface area contributed by atoms with Crippen molar-refractivity contribution >= 4 is 28.8 Å². The highest BCUT2D eigenvalue weighted by molar-refractivity contribution is 6.05. The van der Waals surface area contributed by atoms with Gasteiger partial charge < -0.3 is 15.6 Å². The molecule has 1 amide bonds. The Morgan fingerprint density at radius 3 is 2.76 bits per heavy atom. The monoisotopic (exact) mass is 385 g/mol. The van der Waals surface area contributed by atoms with Crippen LogP contribution in [-0.4, -0.2) is 27.4 Å². The van der Waals surface area contributed by atoms with E-state index in [9.17, 15) is 9.18 Å². The highest BCUT2D eigenvalue weighted by atomic mass is 19.1. The van der Waals surface area contributed by atoms with Crippen LogP contribution in [0.2, 0.25) is 0 Å². The van der Waals surface area contributed by atoms with Crippen LogP contribution in [0.4, 0.5) is 10.1 Å². The summed E-state index contributed by atoms with van der Waals surface area (Å²) in [5.41, 5.74) is 4.95. The molecule has 0 spiro atoms. The largest absolute Gasteiger partial charge is 0.379 e. The van der Waals surface area contributed by atoms with Crippen LogP contribution in [0, 0.1) is 5.82 Å². The second-order valence-corrected chi connectivity index (χ2v) is 6.71. The van der Waals surface area contributed by atoms with Crippen LogP contribution in [-0.2, 0) is 0 Å². The predicted octanol–water partition coefficient (Wildman–Crippen LogP) is 3.96. The first-order valence-corrected chi connectivity index (χ1v) is 9.13. The van der Waals surface area contributed by atoms with Crippen LogP contribution >= 0.6 is 0 Å². The molecule has 0 unspecified atom stereocenters. The molecule has 0 radical (unpaired) electrons. The lowest BCUT2D eigenvalue weighted by molar-refractivity contribution is 0.0967. The van der Waals surface area contributed by atoms with Crippen molar-refractivity contribution in [3.05, 3.63) is 83.4 Å². The number of benzene rings is 2. The number of imidazole rings is 1. The molecule has 0 aliphatic carbocycles. The predicted molar refractivity (Wildman–Crippen MR) is 110 cm³/mol. The van der Waals surface area contributed by atoms with Gasteiger partial charge in [0.1, 0.15) is 11.6 Å². The van der Waals surface area contributed by atoms with Gasteiger partial charge >= 0.3 is 0 Å². The molecule has 4 aromatic rings. The van der Waals surface area contributed by atoms with Gasteiger partial charge in [0.15, 0.2) is 5.65 Å². The number of anilines is 1. The summed E-state index contributed by atoms with van der Waals surface area (Å²) in [6.45, 7) is 0.529. The summed E-state index contributed by atoms with van der Waals surface area (Å²) in [4.78, 5) is 24.7. The molecular formula is C22H16FN5O. The molecule has 0 saturated heterocycles. The van der Waals surface area contributed by atoms with Gasteiger partial charge in [0.25, 0.3) is 5.91 Å². The highest BCUT2D eigenvalue weighted by Crippen LogP contribution is 2.24. The van der Waals surface area contributed by atoms with Crippen molar-refractivity contribution in [3.63, 3.8) is 0 Å². The average Bonchev–Trinajstić information content (AvgIpc) is 3.18. The van der Waals surface area contributed by atoms with E-state index in [2.05, 4.69) is 25.6 Å². The van der Waals surface area contributed by atoms with Gasteiger partial charge in [0.2, 0.25) is 0 Å². The van der Waals surface area contributed by atoms with Crippen LogP contribution in [0.3, 0.4) is 0 Å². The minimum Gasteiger partial charge on any atom is -0.379 e. The Balaban J connectivity index is 1.46. The van der Waals surface area contributed by atoms with Crippen LogP contribution in [0.5, 0.6) is 0 Å². The number of halogens is 1. The fraction of sp³-hybridized carbons (Fsp3) is 0.0455. The Labute approximate surface area is 165 Å². The first-order valence-electron chi connectivity index (χ1n) is 9.13. The minimum atomic E-state index is -0.320.